The summed E-state index contributed by atoms with van der Waals surface area (Å²) in [5.41, 5.74) is 0.957. The number of methoxy groups -OCH3 is 2. The Labute approximate surface area is 151 Å². The van der Waals surface area contributed by atoms with E-state index in [1.165, 1.54) is 12.8 Å². The van der Waals surface area contributed by atoms with Gasteiger partial charge in [-0.25, -0.2) is 0 Å². The number of hydrogen-bond donors (Lipinski definition) is 1. The van der Waals surface area contributed by atoms with Crippen LogP contribution >= 0.6 is 0 Å². The first-order valence-electron chi connectivity index (χ1n) is 9.21. The lowest BCUT2D eigenvalue weighted by molar-refractivity contribution is -0.123. The Balaban J connectivity index is 2.07. The maximum Gasteiger partial charge on any atom is 0.227 e. The number of benzene rings is 1. The van der Waals surface area contributed by atoms with Crippen molar-refractivity contribution in [2.45, 2.75) is 45.6 Å². The largest absolute Gasteiger partial charge is 0.493 e. The summed E-state index contributed by atoms with van der Waals surface area (Å²) in [6.45, 7) is 9.30. The zero-order chi connectivity index (χ0) is 18.4. The fourth-order valence-corrected chi connectivity index (χ4v) is 3.56. The van der Waals surface area contributed by atoms with Crippen LogP contribution in [-0.2, 0) is 4.79 Å². The molecular weight excluding hydrogens is 316 g/mol. The number of hydrogen-bond acceptors (Lipinski definition) is 4. The topological polar surface area (TPSA) is 50.8 Å². The molecule has 2 rings (SSSR count). The van der Waals surface area contributed by atoms with E-state index in [0.717, 1.165) is 18.7 Å². The molecule has 1 aliphatic rings. The molecule has 0 bridgehead atoms. The molecule has 2 atom stereocenters. The molecule has 1 aromatic rings. The van der Waals surface area contributed by atoms with Gasteiger partial charge in [-0.05, 0) is 56.5 Å². The molecule has 0 saturated carbocycles. The number of nitrogens with zero attached hydrogens (tertiary/aromatic N) is 1. The van der Waals surface area contributed by atoms with Gasteiger partial charge in [-0.1, -0.05) is 19.9 Å². The minimum absolute atomic E-state index is 0.0771. The third-order valence-corrected chi connectivity index (χ3v) is 5.05. The quantitative estimate of drug-likeness (QED) is 0.784. The molecule has 1 N–H and O–H groups in total. The van der Waals surface area contributed by atoms with Crippen LogP contribution in [0.5, 0.6) is 11.5 Å². The van der Waals surface area contributed by atoms with E-state index in [4.69, 9.17) is 9.47 Å². The van der Waals surface area contributed by atoms with Crippen molar-refractivity contribution in [2.75, 3.05) is 33.9 Å². The predicted molar refractivity (Wildman–Crippen MR) is 100 cm³/mol. The Morgan fingerprint density at radius 2 is 1.76 bits per heavy atom. The van der Waals surface area contributed by atoms with Gasteiger partial charge in [-0.3, -0.25) is 9.69 Å². The van der Waals surface area contributed by atoms with E-state index in [2.05, 4.69) is 31.0 Å². The third-order valence-electron chi connectivity index (χ3n) is 5.05. The summed E-state index contributed by atoms with van der Waals surface area (Å²) in [6, 6.07) is 6.11. The molecule has 1 aromatic carbocycles. The first kappa shape index (κ1) is 19.6. The molecular formula is C20H32N2O3. The molecule has 0 spiro atoms. The first-order chi connectivity index (χ1) is 12.0. The highest BCUT2D eigenvalue weighted by atomic mass is 16.5. The van der Waals surface area contributed by atoms with E-state index in [1.54, 1.807) is 14.2 Å². The zero-order valence-electron chi connectivity index (χ0n) is 16.2. The molecule has 5 heteroatoms. The van der Waals surface area contributed by atoms with Gasteiger partial charge < -0.3 is 14.8 Å². The van der Waals surface area contributed by atoms with Crippen LogP contribution in [0, 0.1) is 5.92 Å². The Hall–Kier alpha value is -1.75. The molecule has 0 radical (unpaired) electrons. The second kappa shape index (κ2) is 9.09. The van der Waals surface area contributed by atoms with Crippen LogP contribution in [0.25, 0.3) is 0 Å². The second-order valence-corrected chi connectivity index (χ2v) is 7.17. The smallest absolute Gasteiger partial charge is 0.227 e. The van der Waals surface area contributed by atoms with Crippen molar-refractivity contribution in [3.8, 4) is 11.5 Å². The number of carbonyl (C=O) groups excluding carboxylic acids is 1. The third kappa shape index (κ3) is 4.88. The normalized spacial score (nSPS) is 17.4. The van der Waals surface area contributed by atoms with Crippen LogP contribution in [0.4, 0.5) is 0 Å². The summed E-state index contributed by atoms with van der Waals surface area (Å²) in [6.07, 6.45) is 2.52. The van der Waals surface area contributed by atoms with E-state index in [9.17, 15) is 4.79 Å². The van der Waals surface area contributed by atoms with Gasteiger partial charge in [-0.15, -0.1) is 0 Å². The highest BCUT2D eigenvalue weighted by Gasteiger charge is 2.26. The van der Waals surface area contributed by atoms with Gasteiger partial charge in [0.1, 0.15) is 0 Å². The molecule has 0 aliphatic carbocycles. The van der Waals surface area contributed by atoms with Crippen molar-refractivity contribution in [2.24, 2.45) is 5.92 Å². The lowest BCUT2D eigenvalue weighted by Gasteiger charge is -2.26. The van der Waals surface area contributed by atoms with E-state index >= 15 is 0 Å². The van der Waals surface area contributed by atoms with Crippen molar-refractivity contribution in [3.63, 3.8) is 0 Å². The Bertz CT molecular complexity index is 568. The van der Waals surface area contributed by atoms with E-state index < -0.39 is 0 Å². The highest BCUT2D eigenvalue weighted by molar-refractivity contribution is 5.84. The molecule has 2 unspecified atom stereocenters. The van der Waals surface area contributed by atoms with Crippen LogP contribution in [0.1, 0.15) is 45.1 Å². The van der Waals surface area contributed by atoms with Crippen LogP contribution < -0.4 is 14.8 Å². The average molecular weight is 348 g/mol. The fourth-order valence-electron chi connectivity index (χ4n) is 3.56. The van der Waals surface area contributed by atoms with E-state index in [-0.39, 0.29) is 17.7 Å². The second-order valence-electron chi connectivity index (χ2n) is 7.17. The number of carbonyl (C=O) groups is 1. The van der Waals surface area contributed by atoms with Gasteiger partial charge in [0.05, 0.1) is 20.1 Å². The van der Waals surface area contributed by atoms with Gasteiger partial charge in [0.25, 0.3) is 0 Å². The lowest BCUT2D eigenvalue weighted by atomic mass is 9.87. The monoisotopic (exact) mass is 348 g/mol. The number of amides is 1. The number of likely N-dealkylation sites (tertiary alicyclic amines) is 1. The summed E-state index contributed by atoms with van der Waals surface area (Å²) in [7, 11) is 3.23. The summed E-state index contributed by atoms with van der Waals surface area (Å²) in [5.74, 6) is 1.40. The average Bonchev–Trinajstić information content (AvgIpc) is 3.14. The molecule has 1 aliphatic heterocycles. The number of nitrogens with one attached hydrogen (secondary N) is 1. The van der Waals surface area contributed by atoms with Crippen molar-refractivity contribution in [3.05, 3.63) is 23.8 Å². The Morgan fingerprint density at radius 1 is 1.12 bits per heavy atom. The van der Waals surface area contributed by atoms with Crippen molar-refractivity contribution >= 4 is 5.91 Å². The summed E-state index contributed by atoms with van der Waals surface area (Å²) in [5, 5.41) is 3.15. The standard InChI is InChI=1S/C20H32N2O3/c1-14(2)19(16-8-9-17(24-4)18(12-16)25-5)20(23)21-13-15(3)22-10-6-7-11-22/h8-9,12,14-15,19H,6-7,10-11,13H2,1-5H3,(H,21,23). The molecule has 0 aromatic heterocycles. The fraction of sp³-hybridized carbons (Fsp3) is 0.650. The highest BCUT2D eigenvalue weighted by Crippen LogP contribution is 2.33. The van der Waals surface area contributed by atoms with Crippen molar-refractivity contribution in [1.82, 2.24) is 10.2 Å². The Kier molecular flexibility index (Phi) is 7.12. The minimum atomic E-state index is -0.203. The van der Waals surface area contributed by atoms with Crippen LogP contribution in [0.2, 0.25) is 0 Å². The maximum absolute atomic E-state index is 12.9. The van der Waals surface area contributed by atoms with E-state index in [0.29, 0.717) is 24.1 Å². The van der Waals surface area contributed by atoms with Crippen LogP contribution in [0.15, 0.2) is 18.2 Å². The van der Waals surface area contributed by atoms with Crippen molar-refractivity contribution < 1.29 is 14.3 Å². The Morgan fingerprint density at radius 3 is 2.32 bits per heavy atom. The maximum atomic E-state index is 12.9. The summed E-state index contributed by atoms with van der Waals surface area (Å²) in [4.78, 5) is 15.3. The molecule has 140 valence electrons. The van der Waals surface area contributed by atoms with Gasteiger partial charge in [0.2, 0.25) is 5.91 Å². The molecule has 25 heavy (non-hydrogen) atoms. The van der Waals surface area contributed by atoms with Crippen molar-refractivity contribution in [1.29, 1.82) is 0 Å². The van der Waals surface area contributed by atoms with Gasteiger partial charge in [0.15, 0.2) is 11.5 Å². The van der Waals surface area contributed by atoms with Crippen LogP contribution in [0.3, 0.4) is 0 Å². The van der Waals surface area contributed by atoms with Crippen LogP contribution in [-0.4, -0.2) is 50.7 Å². The van der Waals surface area contributed by atoms with Gasteiger partial charge >= 0.3 is 0 Å². The molecule has 1 saturated heterocycles. The molecule has 5 nitrogen and oxygen atoms in total. The molecule has 1 amide bonds. The number of rotatable bonds is 8. The molecule has 1 heterocycles. The molecule has 1 fully saturated rings. The first-order valence-corrected chi connectivity index (χ1v) is 9.21. The number of ether oxygens (including phenoxy) is 2. The SMILES string of the molecule is COc1ccc(C(C(=O)NCC(C)N2CCCC2)C(C)C)cc1OC. The summed E-state index contributed by atoms with van der Waals surface area (Å²) >= 11 is 0. The minimum Gasteiger partial charge on any atom is -0.493 e. The zero-order valence-corrected chi connectivity index (χ0v) is 16.2. The van der Waals surface area contributed by atoms with E-state index in [1.807, 2.05) is 18.2 Å². The van der Waals surface area contributed by atoms with Gasteiger partial charge in [0, 0.05) is 12.6 Å². The lowest BCUT2D eigenvalue weighted by Crippen LogP contribution is -2.42. The summed E-state index contributed by atoms with van der Waals surface area (Å²) < 4.78 is 10.7. The van der Waals surface area contributed by atoms with Gasteiger partial charge in [-0.2, -0.15) is 0 Å². The predicted octanol–water partition coefficient (Wildman–Crippen LogP) is 3.04.